The zero-order valence-corrected chi connectivity index (χ0v) is 26.6. The molecule has 0 saturated carbocycles. The molecule has 5 nitrogen and oxygen atoms in total. The van der Waals surface area contributed by atoms with E-state index in [1.54, 1.807) is 0 Å². The van der Waals surface area contributed by atoms with Crippen LogP contribution in [0.5, 0.6) is 0 Å². The number of aromatic nitrogens is 1. The van der Waals surface area contributed by atoms with Crippen molar-refractivity contribution in [1.82, 2.24) is 4.57 Å². The Morgan fingerprint density at radius 2 is 1.37 bits per heavy atom. The number of benzene rings is 6. The first-order valence-corrected chi connectivity index (χ1v) is 15.6. The lowest BCUT2D eigenvalue weighted by Gasteiger charge is -2.14. The van der Waals surface area contributed by atoms with Crippen molar-refractivity contribution in [2.75, 3.05) is 0 Å². The molecule has 0 amide bonds. The molecule has 1 aromatic heterocycles. The maximum absolute atomic E-state index is 14.4. The second-order valence-corrected chi connectivity index (χ2v) is 12.0. The highest BCUT2D eigenvalue weighted by molar-refractivity contribution is 6.27. The molecule has 0 aliphatic heterocycles. The second-order valence-electron chi connectivity index (χ2n) is 12.0. The van der Waals surface area contributed by atoms with Crippen molar-refractivity contribution in [3.8, 4) is 0 Å². The van der Waals surface area contributed by atoms with E-state index in [4.69, 9.17) is 4.84 Å². The Labute approximate surface area is 267 Å². The summed E-state index contributed by atoms with van der Waals surface area (Å²) in [7, 11) is 0. The average Bonchev–Trinajstić information content (AvgIpc) is 3.37. The summed E-state index contributed by atoms with van der Waals surface area (Å²) < 4.78 is 2.31. The highest BCUT2D eigenvalue weighted by Gasteiger charge is 2.23. The molecule has 6 aromatic carbocycles. The average molecular weight is 603 g/mol. The topological polar surface area (TPSA) is 60.7 Å². The van der Waals surface area contributed by atoms with Crippen molar-refractivity contribution in [1.29, 1.82) is 0 Å². The Balaban J connectivity index is 1.53. The van der Waals surface area contributed by atoms with E-state index in [0.717, 1.165) is 83.3 Å². The van der Waals surface area contributed by atoms with Gasteiger partial charge in [0, 0.05) is 57.4 Å². The summed E-state index contributed by atoms with van der Waals surface area (Å²) in [5.74, 6) is -0.466. The van der Waals surface area contributed by atoms with E-state index in [9.17, 15) is 9.59 Å². The molecule has 0 saturated heterocycles. The van der Waals surface area contributed by atoms with Gasteiger partial charge in [0.1, 0.15) is 5.71 Å². The quantitative estimate of drug-likeness (QED) is 0.0824. The number of carbonyl (C=O) groups excluding carboxylic acids is 2. The summed E-state index contributed by atoms with van der Waals surface area (Å²) in [4.78, 5) is 31.7. The number of oxime groups is 1. The van der Waals surface area contributed by atoms with Gasteiger partial charge >= 0.3 is 5.97 Å². The lowest BCUT2D eigenvalue weighted by atomic mass is 9.89. The van der Waals surface area contributed by atoms with E-state index in [-0.39, 0.29) is 5.78 Å². The lowest BCUT2D eigenvalue weighted by molar-refractivity contribution is -0.140. The molecule has 0 unspecified atom stereocenters. The number of aryl methyl sites for hydroxylation is 4. The second kappa shape index (κ2) is 11.4. The van der Waals surface area contributed by atoms with E-state index >= 15 is 0 Å². The fourth-order valence-electron chi connectivity index (χ4n) is 7.10. The zero-order chi connectivity index (χ0) is 32.1. The predicted octanol–water partition coefficient (Wildman–Crippen LogP) is 9.59. The van der Waals surface area contributed by atoms with Gasteiger partial charge in [-0.2, -0.15) is 0 Å². The zero-order valence-electron chi connectivity index (χ0n) is 26.6. The smallest absolute Gasteiger partial charge is 0.332 e. The van der Waals surface area contributed by atoms with Crippen molar-refractivity contribution in [3.05, 3.63) is 142 Å². The van der Waals surface area contributed by atoms with E-state index in [0.29, 0.717) is 11.3 Å². The number of fused-ring (bicyclic) bond motifs is 6. The van der Waals surface area contributed by atoms with Gasteiger partial charge in [-0.05, 0) is 73.2 Å². The van der Waals surface area contributed by atoms with Crippen LogP contribution in [0, 0.1) is 20.8 Å². The summed E-state index contributed by atoms with van der Waals surface area (Å²) in [5.41, 5.74) is 8.92. The summed E-state index contributed by atoms with van der Waals surface area (Å²) in [6, 6.07) is 34.8. The third kappa shape index (κ3) is 4.76. The van der Waals surface area contributed by atoms with E-state index in [1.165, 1.54) is 6.92 Å². The molecule has 0 aliphatic carbocycles. The first-order chi connectivity index (χ1) is 22.3. The molecular weight excluding hydrogens is 568 g/mol. The van der Waals surface area contributed by atoms with Gasteiger partial charge in [0.05, 0.1) is 5.52 Å². The van der Waals surface area contributed by atoms with E-state index < -0.39 is 5.97 Å². The molecule has 226 valence electrons. The van der Waals surface area contributed by atoms with Gasteiger partial charge in [0.25, 0.3) is 0 Å². The summed E-state index contributed by atoms with van der Waals surface area (Å²) in [5, 5.41) is 10.4. The summed E-state index contributed by atoms with van der Waals surface area (Å²) in [6.07, 6.45) is 0. The fraction of sp³-hybridized carbons (Fsp3) is 0.146. The lowest BCUT2D eigenvalue weighted by Crippen LogP contribution is -2.08. The minimum Gasteiger partial charge on any atom is -0.340 e. The fourth-order valence-corrected chi connectivity index (χ4v) is 7.10. The van der Waals surface area contributed by atoms with Crippen LogP contribution in [0.15, 0.2) is 108 Å². The van der Waals surface area contributed by atoms with Crippen molar-refractivity contribution in [2.45, 2.75) is 41.2 Å². The van der Waals surface area contributed by atoms with Gasteiger partial charge in [-0.1, -0.05) is 95.6 Å². The van der Waals surface area contributed by atoms with Crippen molar-refractivity contribution in [2.24, 2.45) is 5.16 Å². The van der Waals surface area contributed by atoms with Crippen LogP contribution in [-0.4, -0.2) is 22.0 Å². The summed E-state index contributed by atoms with van der Waals surface area (Å²) >= 11 is 0. The number of rotatable bonds is 6. The molecule has 0 atom stereocenters. The van der Waals surface area contributed by atoms with Gasteiger partial charge in [-0.15, -0.1) is 0 Å². The number of carbonyl (C=O) groups is 2. The standard InChI is InChI=1S/C41H34N2O3/c1-6-43-37-19-18-29(39(42-46-27(5)44)32-17-11-13-28-12-7-8-14-30(28)32)22-34(37)35-23-36(31-15-9-10-16-33(31)40(35)43)41(45)38-25(3)20-24(2)21-26(38)4/h7-23H,6H2,1-5H3/b42-39-. The monoisotopic (exact) mass is 602 g/mol. The van der Waals surface area contributed by atoms with Crippen LogP contribution in [-0.2, 0) is 16.2 Å². The molecule has 0 N–H and O–H groups in total. The Morgan fingerprint density at radius 3 is 2.09 bits per heavy atom. The molecule has 0 fully saturated rings. The molecule has 46 heavy (non-hydrogen) atoms. The molecule has 0 spiro atoms. The molecule has 5 heteroatoms. The number of hydrogen-bond acceptors (Lipinski definition) is 4. The van der Waals surface area contributed by atoms with Crippen LogP contribution in [0.25, 0.3) is 43.4 Å². The minimum absolute atomic E-state index is 0.0227. The van der Waals surface area contributed by atoms with Gasteiger partial charge in [0.15, 0.2) is 5.78 Å². The van der Waals surface area contributed by atoms with Crippen LogP contribution in [0.1, 0.15) is 57.6 Å². The number of hydrogen-bond donors (Lipinski definition) is 0. The molecule has 0 aliphatic rings. The van der Waals surface area contributed by atoms with Crippen LogP contribution in [0.3, 0.4) is 0 Å². The van der Waals surface area contributed by atoms with Crippen molar-refractivity contribution >= 4 is 60.8 Å². The van der Waals surface area contributed by atoms with E-state index in [1.807, 2.05) is 62.4 Å². The van der Waals surface area contributed by atoms with Gasteiger partial charge in [-0.25, -0.2) is 4.79 Å². The van der Waals surface area contributed by atoms with Crippen molar-refractivity contribution < 1.29 is 14.4 Å². The SMILES string of the molecule is CCn1c2ccc(/C(=N/OC(C)=O)c3cccc4ccccc34)cc2c2cc(C(=O)c3c(C)cc(C)cc3C)c3ccccc3c21. The molecule has 1 heterocycles. The minimum atomic E-state index is -0.488. The first kappa shape index (κ1) is 29.2. The Kier molecular flexibility index (Phi) is 7.25. The van der Waals surface area contributed by atoms with Crippen LogP contribution in [0.2, 0.25) is 0 Å². The molecular formula is C41H34N2O3. The summed E-state index contributed by atoms with van der Waals surface area (Å²) in [6.45, 7) is 10.3. The first-order valence-electron chi connectivity index (χ1n) is 15.6. The highest BCUT2D eigenvalue weighted by Crippen LogP contribution is 2.38. The normalized spacial score (nSPS) is 12.0. The third-order valence-electron chi connectivity index (χ3n) is 8.91. The largest absolute Gasteiger partial charge is 0.340 e. The predicted molar refractivity (Wildman–Crippen MR) is 188 cm³/mol. The number of nitrogens with zero attached hydrogens (tertiary/aromatic N) is 2. The highest BCUT2D eigenvalue weighted by atomic mass is 16.7. The molecule has 7 aromatic rings. The molecule has 0 radical (unpaired) electrons. The molecule has 7 rings (SSSR count). The van der Waals surface area contributed by atoms with E-state index in [2.05, 4.69) is 78.2 Å². The number of ketones is 1. The van der Waals surface area contributed by atoms with Gasteiger partial charge in [-0.3, -0.25) is 4.79 Å². The maximum Gasteiger partial charge on any atom is 0.332 e. The molecule has 0 bridgehead atoms. The van der Waals surface area contributed by atoms with Crippen LogP contribution in [0.4, 0.5) is 0 Å². The third-order valence-corrected chi connectivity index (χ3v) is 8.91. The Morgan fingerprint density at radius 1 is 0.696 bits per heavy atom. The van der Waals surface area contributed by atoms with Crippen molar-refractivity contribution in [3.63, 3.8) is 0 Å². The Bertz CT molecular complexity index is 2380. The van der Waals surface area contributed by atoms with Crippen LogP contribution >= 0.6 is 0 Å². The van der Waals surface area contributed by atoms with Gasteiger partial charge < -0.3 is 9.40 Å². The van der Waals surface area contributed by atoms with Gasteiger partial charge in [0.2, 0.25) is 0 Å². The maximum atomic E-state index is 14.4. The Hall–Kier alpha value is -5.55. The van der Waals surface area contributed by atoms with Crippen LogP contribution < -0.4 is 0 Å².